The van der Waals surface area contributed by atoms with E-state index in [1.165, 1.54) is 12.8 Å². The highest BCUT2D eigenvalue weighted by molar-refractivity contribution is 5.83. The second-order valence-electron chi connectivity index (χ2n) is 5.86. The third-order valence-corrected chi connectivity index (χ3v) is 4.68. The lowest BCUT2D eigenvalue weighted by Crippen LogP contribution is -2.45. The van der Waals surface area contributed by atoms with Crippen molar-refractivity contribution in [2.24, 2.45) is 23.0 Å². The zero-order valence-corrected chi connectivity index (χ0v) is 10.5. The molecule has 0 spiro atoms. The summed E-state index contributed by atoms with van der Waals surface area (Å²) in [6.45, 7) is 6.87. The van der Waals surface area contributed by atoms with Gasteiger partial charge in [-0.1, -0.05) is 26.7 Å². The Morgan fingerprint density at radius 2 is 1.75 bits per heavy atom. The predicted molar refractivity (Wildman–Crippen MR) is 64.9 cm³/mol. The molecule has 0 unspecified atom stereocenters. The normalized spacial score (nSPS) is 33.3. The van der Waals surface area contributed by atoms with Gasteiger partial charge >= 0.3 is 0 Å². The maximum atomic E-state index is 12.5. The zero-order chi connectivity index (χ0) is 11.8. The van der Waals surface area contributed by atoms with Gasteiger partial charge in [0.05, 0.1) is 5.41 Å². The SMILES string of the molecule is C[C@H]1CN(C(=O)C2(CN)CCCC2)C[C@@H]1C. The molecular weight excluding hydrogens is 200 g/mol. The molecular formula is C13H24N2O. The molecule has 16 heavy (non-hydrogen) atoms. The molecule has 1 amide bonds. The van der Waals surface area contributed by atoms with Gasteiger partial charge in [0.25, 0.3) is 0 Å². The quantitative estimate of drug-likeness (QED) is 0.774. The molecule has 1 aliphatic carbocycles. The first-order valence-electron chi connectivity index (χ1n) is 6.58. The molecule has 0 aromatic carbocycles. The average Bonchev–Trinajstić information content (AvgIpc) is 2.87. The molecule has 92 valence electrons. The van der Waals surface area contributed by atoms with E-state index in [0.717, 1.165) is 25.9 Å². The van der Waals surface area contributed by atoms with E-state index in [0.29, 0.717) is 24.3 Å². The Kier molecular flexibility index (Phi) is 3.24. The molecule has 3 nitrogen and oxygen atoms in total. The van der Waals surface area contributed by atoms with Crippen LogP contribution in [0.15, 0.2) is 0 Å². The van der Waals surface area contributed by atoms with Crippen molar-refractivity contribution in [3.8, 4) is 0 Å². The van der Waals surface area contributed by atoms with Crippen molar-refractivity contribution in [2.45, 2.75) is 39.5 Å². The number of amides is 1. The van der Waals surface area contributed by atoms with Crippen LogP contribution in [0.4, 0.5) is 0 Å². The fourth-order valence-corrected chi connectivity index (χ4v) is 3.19. The van der Waals surface area contributed by atoms with Gasteiger partial charge in [0.1, 0.15) is 0 Å². The lowest BCUT2D eigenvalue weighted by molar-refractivity contribution is -0.140. The summed E-state index contributed by atoms with van der Waals surface area (Å²) in [6.07, 6.45) is 4.34. The van der Waals surface area contributed by atoms with Crippen LogP contribution in [0.3, 0.4) is 0 Å². The Hall–Kier alpha value is -0.570. The molecule has 0 aromatic rings. The van der Waals surface area contributed by atoms with Crippen LogP contribution in [0.1, 0.15) is 39.5 Å². The van der Waals surface area contributed by atoms with Gasteiger partial charge in [-0.05, 0) is 24.7 Å². The van der Waals surface area contributed by atoms with E-state index in [4.69, 9.17) is 5.73 Å². The second-order valence-corrected chi connectivity index (χ2v) is 5.86. The van der Waals surface area contributed by atoms with Crippen molar-refractivity contribution < 1.29 is 4.79 Å². The molecule has 2 aliphatic rings. The van der Waals surface area contributed by atoms with Gasteiger partial charge in [-0.3, -0.25) is 4.79 Å². The fraction of sp³-hybridized carbons (Fsp3) is 0.923. The number of nitrogens with zero attached hydrogens (tertiary/aromatic N) is 1. The van der Waals surface area contributed by atoms with Crippen LogP contribution < -0.4 is 5.73 Å². The van der Waals surface area contributed by atoms with Gasteiger partial charge in [0.2, 0.25) is 5.91 Å². The first-order valence-corrected chi connectivity index (χ1v) is 6.58. The molecule has 1 saturated heterocycles. The van der Waals surface area contributed by atoms with Crippen LogP contribution in [0.2, 0.25) is 0 Å². The van der Waals surface area contributed by atoms with Crippen LogP contribution in [-0.2, 0) is 4.79 Å². The van der Waals surface area contributed by atoms with Crippen molar-refractivity contribution in [1.29, 1.82) is 0 Å². The molecule has 1 saturated carbocycles. The summed E-state index contributed by atoms with van der Waals surface area (Å²) in [5, 5.41) is 0. The average molecular weight is 224 g/mol. The van der Waals surface area contributed by atoms with Crippen LogP contribution in [0.25, 0.3) is 0 Å². The number of likely N-dealkylation sites (tertiary alicyclic amines) is 1. The summed E-state index contributed by atoms with van der Waals surface area (Å²) in [4.78, 5) is 14.6. The van der Waals surface area contributed by atoms with E-state index in [1.807, 2.05) is 0 Å². The highest BCUT2D eigenvalue weighted by atomic mass is 16.2. The van der Waals surface area contributed by atoms with Crippen molar-refractivity contribution in [2.75, 3.05) is 19.6 Å². The minimum Gasteiger partial charge on any atom is -0.342 e. The Labute approximate surface area is 98.4 Å². The first-order chi connectivity index (χ1) is 7.59. The Morgan fingerprint density at radius 3 is 2.19 bits per heavy atom. The first kappa shape index (κ1) is 11.9. The highest BCUT2D eigenvalue weighted by Crippen LogP contribution is 2.40. The number of carbonyl (C=O) groups is 1. The molecule has 2 N–H and O–H groups in total. The van der Waals surface area contributed by atoms with Gasteiger partial charge in [0, 0.05) is 19.6 Å². The summed E-state index contributed by atoms with van der Waals surface area (Å²) >= 11 is 0. The summed E-state index contributed by atoms with van der Waals surface area (Å²) < 4.78 is 0. The number of rotatable bonds is 2. The molecule has 2 fully saturated rings. The number of carbonyl (C=O) groups excluding carboxylic acids is 1. The Bertz CT molecular complexity index is 261. The third-order valence-electron chi connectivity index (χ3n) is 4.68. The summed E-state index contributed by atoms with van der Waals surface area (Å²) in [5.74, 6) is 1.61. The minimum absolute atomic E-state index is 0.205. The van der Waals surface area contributed by atoms with Gasteiger partial charge in [0.15, 0.2) is 0 Å². The zero-order valence-electron chi connectivity index (χ0n) is 10.5. The van der Waals surface area contributed by atoms with Crippen LogP contribution in [0, 0.1) is 17.3 Å². The smallest absolute Gasteiger partial charge is 0.230 e. The van der Waals surface area contributed by atoms with Crippen LogP contribution in [-0.4, -0.2) is 30.4 Å². The van der Waals surface area contributed by atoms with Crippen molar-refractivity contribution in [3.63, 3.8) is 0 Å². The topological polar surface area (TPSA) is 46.3 Å². The molecule has 2 rings (SSSR count). The lowest BCUT2D eigenvalue weighted by Gasteiger charge is -2.31. The van der Waals surface area contributed by atoms with Crippen LogP contribution >= 0.6 is 0 Å². The maximum absolute atomic E-state index is 12.5. The molecule has 3 heteroatoms. The van der Waals surface area contributed by atoms with E-state index in [1.54, 1.807) is 0 Å². The largest absolute Gasteiger partial charge is 0.342 e. The van der Waals surface area contributed by atoms with E-state index in [2.05, 4.69) is 18.7 Å². The van der Waals surface area contributed by atoms with Gasteiger partial charge in [-0.2, -0.15) is 0 Å². The molecule has 1 heterocycles. The van der Waals surface area contributed by atoms with Crippen molar-refractivity contribution in [3.05, 3.63) is 0 Å². The summed E-state index contributed by atoms with van der Waals surface area (Å²) in [6, 6.07) is 0. The van der Waals surface area contributed by atoms with E-state index in [9.17, 15) is 4.79 Å². The number of hydrogen-bond acceptors (Lipinski definition) is 2. The Morgan fingerprint density at radius 1 is 1.25 bits per heavy atom. The highest BCUT2D eigenvalue weighted by Gasteiger charge is 2.44. The van der Waals surface area contributed by atoms with Gasteiger partial charge in [-0.15, -0.1) is 0 Å². The number of nitrogens with two attached hydrogens (primary N) is 1. The van der Waals surface area contributed by atoms with Crippen LogP contribution in [0.5, 0.6) is 0 Å². The second kappa shape index (κ2) is 4.36. The van der Waals surface area contributed by atoms with Gasteiger partial charge in [-0.25, -0.2) is 0 Å². The van der Waals surface area contributed by atoms with E-state index < -0.39 is 0 Å². The summed E-state index contributed by atoms with van der Waals surface area (Å²) in [7, 11) is 0. The lowest BCUT2D eigenvalue weighted by atomic mass is 9.84. The van der Waals surface area contributed by atoms with Crippen molar-refractivity contribution >= 4 is 5.91 Å². The summed E-state index contributed by atoms with van der Waals surface area (Å²) in [5.41, 5.74) is 5.65. The van der Waals surface area contributed by atoms with E-state index >= 15 is 0 Å². The molecule has 2 atom stereocenters. The third kappa shape index (κ3) is 1.86. The molecule has 0 bridgehead atoms. The Balaban J connectivity index is 2.07. The fourth-order valence-electron chi connectivity index (χ4n) is 3.19. The minimum atomic E-state index is -0.205. The predicted octanol–water partition coefficient (Wildman–Crippen LogP) is 1.62. The maximum Gasteiger partial charge on any atom is 0.230 e. The molecule has 0 radical (unpaired) electrons. The molecule has 1 aliphatic heterocycles. The van der Waals surface area contributed by atoms with Gasteiger partial charge < -0.3 is 10.6 Å². The standard InChI is InChI=1S/C13H24N2O/c1-10-7-15(8-11(10)2)12(16)13(9-14)5-3-4-6-13/h10-11H,3-9,14H2,1-2H3/t10-,11-/m0/s1. The van der Waals surface area contributed by atoms with Crippen molar-refractivity contribution in [1.82, 2.24) is 4.90 Å². The molecule has 0 aromatic heterocycles. The van der Waals surface area contributed by atoms with E-state index in [-0.39, 0.29) is 5.41 Å². The number of hydrogen-bond donors (Lipinski definition) is 1. The monoisotopic (exact) mass is 224 g/mol.